The van der Waals surface area contributed by atoms with Crippen molar-refractivity contribution in [1.29, 1.82) is 0 Å². The van der Waals surface area contributed by atoms with Crippen molar-refractivity contribution < 1.29 is 9.90 Å². The van der Waals surface area contributed by atoms with Crippen LogP contribution in [0.2, 0.25) is 0 Å². The second-order valence-corrected chi connectivity index (χ2v) is 4.99. The van der Waals surface area contributed by atoms with Crippen LogP contribution in [-0.2, 0) is 4.79 Å². The minimum absolute atomic E-state index is 0.171. The molecule has 1 aliphatic rings. The van der Waals surface area contributed by atoms with E-state index in [1.165, 1.54) is 0 Å². The van der Waals surface area contributed by atoms with E-state index in [9.17, 15) is 4.79 Å². The molecule has 1 amide bonds. The summed E-state index contributed by atoms with van der Waals surface area (Å²) in [6, 6.07) is 0. The number of nitrogens with zero attached hydrogens (tertiary/aromatic N) is 1. The summed E-state index contributed by atoms with van der Waals surface area (Å²) in [4.78, 5) is 13.8. The number of rotatable bonds is 5. The molecule has 16 heavy (non-hydrogen) atoms. The van der Waals surface area contributed by atoms with Crippen LogP contribution in [0.25, 0.3) is 0 Å². The summed E-state index contributed by atoms with van der Waals surface area (Å²) in [6.45, 7) is 1.89. The molecule has 0 saturated heterocycles. The van der Waals surface area contributed by atoms with E-state index in [4.69, 9.17) is 5.11 Å². The van der Waals surface area contributed by atoms with Crippen molar-refractivity contribution in [2.24, 2.45) is 11.8 Å². The maximum Gasteiger partial charge on any atom is 0.223 e. The fraction of sp³-hybridized carbons (Fsp3) is 0.917. The van der Waals surface area contributed by atoms with Crippen molar-refractivity contribution in [3.05, 3.63) is 0 Å². The Morgan fingerprint density at radius 3 is 2.44 bits per heavy atom. The third-order valence-electron chi connectivity index (χ3n) is 3.33. The van der Waals surface area contributed by atoms with Crippen LogP contribution in [0.4, 0.5) is 0 Å². The van der Waals surface area contributed by atoms with E-state index in [2.05, 4.69) is 10.2 Å². The van der Waals surface area contributed by atoms with E-state index in [1.807, 2.05) is 14.1 Å². The van der Waals surface area contributed by atoms with Crippen LogP contribution in [0, 0.1) is 11.8 Å². The topological polar surface area (TPSA) is 52.6 Å². The lowest BCUT2D eigenvalue weighted by Gasteiger charge is -2.26. The van der Waals surface area contributed by atoms with Gasteiger partial charge in [-0.2, -0.15) is 0 Å². The van der Waals surface area contributed by atoms with Crippen molar-refractivity contribution in [3.8, 4) is 0 Å². The summed E-state index contributed by atoms with van der Waals surface area (Å²) in [7, 11) is 4.00. The van der Waals surface area contributed by atoms with Crippen LogP contribution in [-0.4, -0.2) is 49.7 Å². The number of likely N-dealkylation sites (N-methyl/N-ethyl adjacent to an activating group) is 1. The molecule has 0 bridgehead atoms. The molecule has 0 atom stereocenters. The van der Waals surface area contributed by atoms with Crippen LogP contribution in [0.15, 0.2) is 0 Å². The molecule has 94 valence electrons. The van der Waals surface area contributed by atoms with Crippen molar-refractivity contribution in [2.45, 2.75) is 25.7 Å². The highest BCUT2D eigenvalue weighted by Gasteiger charge is 2.25. The molecule has 0 aromatic rings. The molecule has 0 aliphatic heterocycles. The van der Waals surface area contributed by atoms with Gasteiger partial charge in [-0.25, -0.2) is 0 Å². The molecule has 1 rings (SSSR count). The first-order valence-electron chi connectivity index (χ1n) is 6.16. The highest BCUT2D eigenvalue weighted by Crippen LogP contribution is 2.28. The summed E-state index contributed by atoms with van der Waals surface area (Å²) in [5, 5.41) is 12.0. The predicted octanol–water partition coefficient (Wildman–Crippen LogP) is 0.463. The van der Waals surface area contributed by atoms with Gasteiger partial charge in [0.05, 0.1) is 0 Å². The fourth-order valence-electron chi connectivity index (χ4n) is 2.15. The number of nitrogens with one attached hydrogen (secondary N) is 1. The van der Waals surface area contributed by atoms with Gasteiger partial charge in [-0.15, -0.1) is 0 Å². The molecular weight excluding hydrogens is 204 g/mol. The van der Waals surface area contributed by atoms with Crippen LogP contribution < -0.4 is 5.32 Å². The fourth-order valence-corrected chi connectivity index (χ4v) is 2.15. The Balaban J connectivity index is 2.18. The van der Waals surface area contributed by atoms with E-state index in [-0.39, 0.29) is 18.4 Å². The molecule has 1 fully saturated rings. The normalized spacial score (nSPS) is 25.8. The van der Waals surface area contributed by atoms with Gasteiger partial charge in [0.1, 0.15) is 0 Å². The Labute approximate surface area is 98.0 Å². The summed E-state index contributed by atoms with van der Waals surface area (Å²) in [5.74, 6) is 0.786. The molecule has 0 heterocycles. The Kier molecular flexibility index (Phi) is 5.77. The second-order valence-electron chi connectivity index (χ2n) is 4.99. The molecule has 0 spiro atoms. The zero-order valence-electron chi connectivity index (χ0n) is 10.4. The highest BCUT2D eigenvalue weighted by atomic mass is 16.3. The molecule has 0 unspecified atom stereocenters. The average molecular weight is 228 g/mol. The van der Waals surface area contributed by atoms with E-state index >= 15 is 0 Å². The van der Waals surface area contributed by atoms with E-state index in [0.29, 0.717) is 5.92 Å². The SMILES string of the molecule is CN(C)CCNC(=O)C1CCC(CO)CC1. The number of carbonyl (C=O) groups is 1. The first-order chi connectivity index (χ1) is 7.63. The number of hydrogen-bond acceptors (Lipinski definition) is 3. The van der Waals surface area contributed by atoms with Crippen molar-refractivity contribution >= 4 is 5.91 Å². The van der Waals surface area contributed by atoms with Crippen molar-refractivity contribution in [1.82, 2.24) is 10.2 Å². The Morgan fingerprint density at radius 2 is 1.94 bits per heavy atom. The highest BCUT2D eigenvalue weighted by molar-refractivity contribution is 5.78. The molecule has 0 radical (unpaired) electrons. The Morgan fingerprint density at radius 1 is 1.31 bits per heavy atom. The van der Waals surface area contributed by atoms with Gasteiger partial charge < -0.3 is 15.3 Å². The lowest BCUT2D eigenvalue weighted by atomic mass is 9.82. The molecule has 4 nitrogen and oxygen atoms in total. The monoisotopic (exact) mass is 228 g/mol. The third-order valence-corrected chi connectivity index (χ3v) is 3.33. The summed E-state index contributed by atoms with van der Waals surface area (Å²) < 4.78 is 0. The number of amides is 1. The molecular formula is C12H24N2O2. The van der Waals surface area contributed by atoms with Crippen LogP contribution in [0.1, 0.15) is 25.7 Å². The van der Waals surface area contributed by atoms with Gasteiger partial charge in [0.25, 0.3) is 0 Å². The number of carbonyl (C=O) groups excluding carboxylic acids is 1. The standard InChI is InChI=1S/C12H24N2O2/c1-14(2)8-7-13-12(16)11-5-3-10(9-15)4-6-11/h10-11,15H,3-9H2,1-2H3,(H,13,16). The molecule has 1 saturated carbocycles. The zero-order chi connectivity index (χ0) is 12.0. The summed E-state index contributed by atoms with van der Waals surface area (Å²) >= 11 is 0. The number of aliphatic hydroxyl groups is 1. The molecule has 0 aromatic heterocycles. The smallest absolute Gasteiger partial charge is 0.223 e. The second kappa shape index (κ2) is 6.86. The largest absolute Gasteiger partial charge is 0.396 e. The van der Waals surface area contributed by atoms with Gasteiger partial charge in [-0.05, 0) is 45.7 Å². The first-order valence-corrected chi connectivity index (χ1v) is 6.16. The summed E-state index contributed by atoms with van der Waals surface area (Å²) in [6.07, 6.45) is 3.84. The summed E-state index contributed by atoms with van der Waals surface area (Å²) in [5.41, 5.74) is 0. The molecule has 2 N–H and O–H groups in total. The van der Waals surface area contributed by atoms with Gasteiger partial charge in [0.2, 0.25) is 5.91 Å². The Bertz CT molecular complexity index is 211. The van der Waals surface area contributed by atoms with Gasteiger partial charge in [0, 0.05) is 25.6 Å². The quantitative estimate of drug-likeness (QED) is 0.719. The number of hydrogen-bond donors (Lipinski definition) is 2. The van der Waals surface area contributed by atoms with E-state index < -0.39 is 0 Å². The van der Waals surface area contributed by atoms with Crippen LogP contribution in [0.3, 0.4) is 0 Å². The van der Waals surface area contributed by atoms with Gasteiger partial charge in [-0.1, -0.05) is 0 Å². The van der Waals surface area contributed by atoms with Crippen molar-refractivity contribution in [2.75, 3.05) is 33.8 Å². The van der Waals surface area contributed by atoms with Gasteiger partial charge in [0.15, 0.2) is 0 Å². The Hall–Kier alpha value is -0.610. The van der Waals surface area contributed by atoms with Gasteiger partial charge >= 0.3 is 0 Å². The average Bonchev–Trinajstić information content (AvgIpc) is 2.28. The molecule has 4 heteroatoms. The van der Waals surface area contributed by atoms with Crippen molar-refractivity contribution in [3.63, 3.8) is 0 Å². The molecule has 1 aliphatic carbocycles. The van der Waals surface area contributed by atoms with Crippen LogP contribution >= 0.6 is 0 Å². The minimum Gasteiger partial charge on any atom is -0.396 e. The van der Waals surface area contributed by atoms with Gasteiger partial charge in [-0.3, -0.25) is 4.79 Å². The van der Waals surface area contributed by atoms with Crippen LogP contribution in [0.5, 0.6) is 0 Å². The predicted molar refractivity (Wildman–Crippen MR) is 64.1 cm³/mol. The first kappa shape index (κ1) is 13.5. The van der Waals surface area contributed by atoms with E-state index in [1.54, 1.807) is 0 Å². The zero-order valence-corrected chi connectivity index (χ0v) is 10.4. The van der Waals surface area contributed by atoms with E-state index in [0.717, 1.165) is 38.8 Å². The maximum absolute atomic E-state index is 11.8. The number of aliphatic hydroxyl groups excluding tert-OH is 1. The maximum atomic E-state index is 11.8. The lowest BCUT2D eigenvalue weighted by Crippen LogP contribution is -2.37. The molecule has 0 aromatic carbocycles. The minimum atomic E-state index is 0.171. The lowest BCUT2D eigenvalue weighted by molar-refractivity contribution is -0.126. The third kappa shape index (κ3) is 4.49.